The van der Waals surface area contributed by atoms with Crippen LogP contribution < -0.4 is 0 Å². The molecular weight excluding hydrogens is 1520 g/mol. The van der Waals surface area contributed by atoms with Crippen LogP contribution in [0, 0.1) is 128 Å². The van der Waals surface area contributed by atoms with Crippen LogP contribution in [0.15, 0.2) is 0 Å². The number of ether oxygens (including phenoxy) is 10. The Hall–Kier alpha value is -5.30. The van der Waals surface area contributed by atoms with Crippen molar-refractivity contribution in [2.75, 3.05) is 33.0 Å². The van der Waals surface area contributed by atoms with Crippen LogP contribution in [0.5, 0.6) is 0 Å². The summed E-state index contributed by atoms with van der Waals surface area (Å²) in [6, 6.07) is 0. The summed E-state index contributed by atoms with van der Waals surface area (Å²) in [6.07, 6.45) is 32.1. The molecule has 16 bridgehead atoms. The van der Waals surface area contributed by atoms with Gasteiger partial charge in [0.25, 0.3) is 0 Å². The summed E-state index contributed by atoms with van der Waals surface area (Å²) in [5.41, 5.74) is -5.03. The second kappa shape index (κ2) is 43.7. The number of carbonyl (C=O) groups is 10. The van der Waals surface area contributed by atoms with E-state index in [1.165, 1.54) is 116 Å². The van der Waals surface area contributed by atoms with Gasteiger partial charge in [0.1, 0.15) is 35.6 Å². The fourth-order valence-corrected chi connectivity index (χ4v) is 23.4. The molecule has 0 spiro atoms. The molecular formula is C100H170O20. The van der Waals surface area contributed by atoms with E-state index in [2.05, 4.69) is 20.8 Å². The number of hydrogen-bond donors (Lipinski definition) is 0. The molecule has 0 saturated heterocycles. The average molecular weight is 1690 g/mol. The SMILES string of the molecule is CC.CC.CC.CC.CCC(C)(C)C(=O)OC(C)(C)C(=O)OC1(C)C2CC3CC(C2)CC1C3.CCC(C)(C)C(=O)OCC(=O)OC1(C)C2CC3CC(C2)CC1C3.CCC(C)(C)C(=O)OCCCC(=O)OC1(C)C2CC3CC(C2)CC1C3.CCC(C)(C)C(=O)OCCOC(=O)C1CCCCC1C(=O)OCC(=O)OC(C)(C)C12CC3CC(CC(C3)C1)C2. The minimum atomic E-state index is -1.25. The van der Waals surface area contributed by atoms with E-state index in [9.17, 15) is 47.9 Å². The average Bonchev–Trinajstić information content (AvgIpc) is 0.743. The van der Waals surface area contributed by atoms with E-state index in [0.717, 1.165) is 91.8 Å². The molecule has 17 aliphatic rings. The van der Waals surface area contributed by atoms with Crippen LogP contribution >= 0.6 is 0 Å². The zero-order chi connectivity index (χ0) is 90.1. The van der Waals surface area contributed by atoms with Crippen LogP contribution in [0.25, 0.3) is 0 Å². The van der Waals surface area contributed by atoms with Gasteiger partial charge in [-0.05, 0) is 372 Å². The van der Waals surface area contributed by atoms with Crippen LogP contribution in [0.3, 0.4) is 0 Å². The fraction of sp³-hybridized carbons (Fsp3) is 0.900. The molecule has 0 radical (unpaired) electrons. The van der Waals surface area contributed by atoms with Crippen molar-refractivity contribution in [1.29, 1.82) is 0 Å². The molecule has 20 heteroatoms. The first-order valence-corrected chi connectivity index (χ1v) is 48.3. The van der Waals surface area contributed by atoms with E-state index in [1.54, 1.807) is 27.7 Å². The lowest BCUT2D eigenvalue weighted by Crippen LogP contribution is -2.59. The van der Waals surface area contributed by atoms with Crippen LogP contribution in [0.4, 0.5) is 0 Å². The van der Waals surface area contributed by atoms with Crippen LogP contribution in [-0.4, -0.2) is 121 Å². The summed E-state index contributed by atoms with van der Waals surface area (Å²) in [5.74, 6) is 5.34. The molecule has 0 aliphatic heterocycles. The first kappa shape index (κ1) is 103. The monoisotopic (exact) mass is 1690 g/mol. The highest BCUT2D eigenvalue weighted by molar-refractivity contribution is 5.86. The highest BCUT2D eigenvalue weighted by Gasteiger charge is 2.62. The van der Waals surface area contributed by atoms with Gasteiger partial charge in [0.2, 0.25) is 5.60 Å². The van der Waals surface area contributed by atoms with Crippen molar-refractivity contribution < 1.29 is 95.3 Å². The minimum Gasteiger partial charge on any atom is -0.465 e. The van der Waals surface area contributed by atoms with Crippen molar-refractivity contribution in [2.24, 2.45) is 128 Å². The Bertz CT molecular complexity index is 3250. The Morgan fingerprint density at radius 3 is 0.958 bits per heavy atom. The van der Waals surface area contributed by atoms with Gasteiger partial charge in [0, 0.05) is 11.8 Å². The molecule has 2 atom stereocenters. The Kier molecular flexibility index (Phi) is 37.7. The largest absolute Gasteiger partial charge is 0.465 e. The van der Waals surface area contributed by atoms with E-state index in [4.69, 9.17) is 47.4 Å². The highest BCUT2D eigenvalue weighted by Crippen LogP contribution is 2.66. The molecule has 0 aromatic heterocycles. The van der Waals surface area contributed by atoms with E-state index in [-0.39, 0.29) is 72.3 Å². The maximum atomic E-state index is 13.0. The first-order valence-electron chi connectivity index (χ1n) is 48.3. The molecule has 0 aromatic rings. The quantitative estimate of drug-likeness (QED) is 0.0400. The maximum Gasteiger partial charge on any atom is 0.350 e. The third kappa shape index (κ3) is 25.1. The molecule has 20 nitrogen and oxygen atoms in total. The van der Waals surface area contributed by atoms with Gasteiger partial charge >= 0.3 is 59.7 Å². The lowest BCUT2D eigenvalue weighted by atomic mass is 9.46. The van der Waals surface area contributed by atoms with Crippen molar-refractivity contribution in [2.45, 2.75) is 414 Å². The highest BCUT2D eigenvalue weighted by atomic mass is 16.6. The van der Waals surface area contributed by atoms with Gasteiger partial charge in [-0.25, -0.2) is 14.4 Å². The molecule has 690 valence electrons. The van der Waals surface area contributed by atoms with E-state index >= 15 is 0 Å². The molecule has 2 unspecified atom stereocenters. The molecule has 120 heavy (non-hydrogen) atoms. The van der Waals surface area contributed by atoms with E-state index in [0.29, 0.717) is 87.1 Å². The second-order valence-electron chi connectivity index (χ2n) is 42.1. The number of hydrogen-bond acceptors (Lipinski definition) is 20. The fourth-order valence-electron chi connectivity index (χ4n) is 23.4. The van der Waals surface area contributed by atoms with Crippen molar-refractivity contribution in [1.82, 2.24) is 0 Å². The molecule has 17 saturated carbocycles. The topological polar surface area (TPSA) is 263 Å². The van der Waals surface area contributed by atoms with Gasteiger partial charge in [-0.1, -0.05) is 95.9 Å². The second-order valence-corrected chi connectivity index (χ2v) is 42.1. The Labute approximate surface area is 726 Å². The Balaban J connectivity index is 0.000000246. The predicted molar refractivity (Wildman–Crippen MR) is 467 cm³/mol. The van der Waals surface area contributed by atoms with Gasteiger partial charge in [-0.15, -0.1) is 0 Å². The Morgan fingerprint density at radius 1 is 0.308 bits per heavy atom. The van der Waals surface area contributed by atoms with Gasteiger partial charge < -0.3 is 47.4 Å². The summed E-state index contributed by atoms with van der Waals surface area (Å²) >= 11 is 0. The summed E-state index contributed by atoms with van der Waals surface area (Å²) in [5, 5.41) is 0. The first-order chi connectivity index (χ1) is 56.3. The zero-order valence-electron chi connectivity index (χ0n) is 80.4. The van der Waals surface area contributed by atoms with E-state index in [1.807, 2.05) is 138 Å². The lowest BCUT2D eigenvalue weighted by molar-refractivity contribution is -0.221. The van der Waals surface area contributed by atoms with Crippen LogP contribution in [0.1, 0.15) is 386 Å². The summed E-state index contributed by atoms with van der Waals surface area (Å²) in [7, 11) is 0. The van der Waals surface area contributed by atoms with Crippen molar-refractivity contribution in [3.8, 4) is 0 Å². The molecule has 0 heterocycles. The molecule has 0 N–H and O–H groups in total. The van der Waals surface area contributed by atoms with Crippen molar-refractivity contribution in [3.05, 3.63) is 0 Å². The molecule has 0 amide bonds. The van der Waals surface area contributed by atoms with Crippen molar-refractivity contribution >= 4 is 59.7 Å². The van der Waals surface area contributed by atoms with E-state index < -0.39 is 80.8 Å². The van der Waals surface area contributed by atoms with Gasteiger partial charge in [0.05, 0.1) is 40.1 Å². The standard InChI is InChI=1S/C31H48O8.2C21H34O4.C19H30O4.4C2H6/c1-6-29(2,3)28(35)37-12-11-36-26(33)23-9-7-8-10-24(23)27(34)38-19-25(32)39-30(4,5)31-16-20-13-21(17-31)15-22(14-20)18-31;1-7-19(2,3)17(22)24-20(4,5)18(23)25-21(6)15-9-13-8-14(11-15)12-16(21)10-13;1-5-20(2,3)19(23)24-8-6-7-18(22)25-21(4)16-10-14-9-15(12-16)13-17(21)11-14;1-5-18(2,3)17(21)22-11-16(20)23-19(4)14-7-12-6-13(9-14)10-15(19)8-12;4*1-2/h20-24H,6-19H2,1-5H3;13-16H,7-12H2,1-6H3;14-17H,5-13H2,1-4H3;12-15H,5-11H2,1-4H3;4*1-2H3. The van der Waals surface area contributed by atoms with Gasteiger partial charge in [-0.3, -0.25) is 33.6 Å². The summed E-state index contributed by atoms with van der Waals surface area (Å²) < 4.78 is 56.1. The number of esters is 10. The molecule has 0 aromatic carbocycles. The molecule has 17 rings (SSSR count). The number of carbonyl (C=O) groups excluding carboxylic acids is 10. The maximum absolute atomic E-state index is 13.0. The molecule has 17 fully saturated rings. The Morgan fingerprint density at radius 2 is 0.600 bits per heavy atom. The third-order valence-electron chi connectivity index (χ3n) is 31.9. The van der Waals surface area contributed by atoms with Gasteiger partial charge in [-0.2, -0.15) is 0 Å². The summed E-state index contributed by atoms with van der Waals surface area (Å²) in [4.78, 5) is 125. The lowest BCUT2D eigenvalue weighted by Gasteiger charge is -2.61. The third-order valence-corrected chi connectivity index (χ3v) is 31.9. The predicted octanol–water partition coefficient (Wildman–Crippen LogP) is 22.2. The normalized spacial score (nSPS) is 33.2. The van der Waals surface area contributed by atoms with Crippen molar-refractivity contribution in [3.63, 3.8) is 0 Å². The number of rotatable bonds is 28. The van der Waals surface area contributed by atoms with Gasteiger partial charge in [0.15, 0.2) is 13.2 Å². The molecule has 17 aliphatic carbocycles. The zero-order valence-corrected chi connectivity index (χ0v) is 80.4. The minimum absolute atomic E-state index is 0.0141. The smallest absolute Gasteiger partial charge is 0.350 e. The summed E-state index contributed by atoms with van der Waals surface area (Å²) in [6.45, 7) is 51.7. The van der Waals surface area contributed by atoms with Crippen LogP contribution in [-0.2, 0) is 95.3 Å². The van der Waals surface area contributed by atoms with Crippen LogP contribution in [0.2, 0.25) is 0 Å².